The van der Waals surface area contributed by atoms with E-state index >= 15 is 0 Å². The van der Waals surface area contributed by atoms with Crippen LogP contribution in [0.5, 0.6) is 0 Å². The van der Waals surface area contributed by atoms with E-state index in [2.05, 4.69) is 4.98 Å². The fourth-order valence-corrected chi connectivity index (χ4v) is 0.494. The summed E-state index contributed by atoms with van der Waals surface area (Å²) in [6.45, 7) is 0.604. The average molecular weight is 224 g/mol. The number of H-pyrrole nitrogens is 1. The molecule has 0 unspecified atom stereocenters. The van der Waals surface area contributed by atoms with Gasteiger partial charge in [0.15, 0.2) is 0 Å². The number of hydrogen-bond donors (Lipinski definition) is 2. The third-order valence-corrected chi connectivity index (χ3v) is 0.882. The predicted octanol–water partition coefficient (Wildman–Crippen LogP) is 1.09. The lowest BCUT2D eigenvalue weighted by Crippen LogP contribution is -1.94. The molecule has 0 radical (unpaired) electrons. The van der Waals surface area contributed by atoms with Gasteiger partial charge < -0.3 is 10.7 Å². The Hall–Kier alpha value is -0.0300. The summed E-state index contributed by atoms with van der Waals surface area (Å²) in [4.78, 5) is 2.96. The van der Waals surface area contributed by atoms with Crippen molar-refractivity contribution < 1.29 is 0 Å². The maximum absolute atomic E-state index is 5.26. The van der Waals surface area contributed by atoms with Crippen LogP contribution in [0.15, 0.2) is 18.3 Å². The van der Waals surface area contributed by atoms with Crippen LogP contribution in [0.2, 0.25) is 0 Å². The second-order valence-electron chi connectivity index (χ2n) is 1.40. The molecule has 0 aliphatic heterocycles. The maximum atomic E-state index is 5.26. The molecular weight excluding hydrogens is 215 g/mol. The SMILES string of the molecule is I.NCc1ccc[nH]1. The third kappa shape index (κ3) is 1.83. The molecule has 0 bridgehead atoms. The number of rotatable bonds is 1. The minimum absolute atomic E-state index is 0. The number of halogens is 1. The topological polar surface area (TPSA) is 41.8 Å². The van der Waals surface area contributed by atoms with Crippen LogP contribution >= 0.6 is 24.0 Å². The van der Waals surface area contributed by atoms with Crippen molar-refractivity contribution in [1.29, 1.82) is 0 Å². The van der Waals surface area contributed by atoms with Crippen LogP contribution in [0.4, 0.5) is 0 Å². The Morgan fingerprint density at radius 2 is 2.38 bits per heavy atom. The Balaban J connectivity index is 0.000000490. The van der Waals surface area contributed by atoms with Gasteiger partial charge in [0.25, 0.3) is 0 Å². The molecule has 3 N–H and O–H groups in total. The molecule has 1 rings (SSSR count). The van der Waals surface area contributed by atoms with Crippen LogP contribution in [0.3, 0.4) is 0 Å². The molecule has 1 heterocycles. The van der Waals surface area contributed by atoms with Crippen molar-refractivity contribution in [2.75, 3.05) is 0 Å². The van der Waals surface area contributed by atoms with Crippen molar-refractivity contribution in [3.8, 4) is 0 Å². The van der Waals surface area contributed by atoms with Crippen molar-refractivity contribution in [2.24, 2.45) is 5.73 Å². The first-order chi connectivity index (χ1) is 3.43. The molecule has 1 aromatic heterocycles. The van der Waals surface area contributed by atoms with Crippen LogP contribution in [0, 0.1) is 0 Å². The molecule has 2 nitrogen and oxygen atoms in total. The van der Waals surface area contributed by atoms with Gasteiger partial charge in [-0.3, -0.25) is 0 Å². The van der Waals surface area contributed by atoms with Gasteiger partial charge in [0.1, 0.15) is 0 Å². The summed E-state index contributed by atoms with van der Waals surface area (Å²) in [5, 5.41) is 0. The quantitative estimate of drug-likeness (QED) is 0.689. The highest BCUT2D eigenvalue weighted by Crippen LogP contribution is 1.88. The van der Waals surface area contributed by atoms with E-state index in [9.17, 15) is 0 Å². The molecular formula is C5H9IN2. The lowest BCUT2D eigenvalue weighted by molar-refractivity contribution is 1.01. The highest BCUT2D eigenvalue weighted by atomic mass is 127. The number of nitrogens with two attached hydrogens (primary N) is 1. The van der Waals surface area contributed by atoms with Crippen molar-refractivity contribution in [2.45, 2.75) is 6.54 Å². The number of nitrogens with one attached hydrogen (secondary N) is 1. The summed E-state index contributed by atoms with van der Waals surface area (Å²) < 4.78 is 0. The van der Waals surface area contributed by atoms with Crippen LogP contribution in [0.1, 0.15) is 5.69 Å². The molecule has 0 amide bonds. The van der Waals surface area contributed by atoms with Crippen LogP contribution in [-0.4, -0.2) is 4.98 Å². The van der Waals surface area contributed by atoms with Crippen molar-refractivity contribution >= 4 is 24.0 Å². The molecule has 0 atom stereocenters. The van der Waals surface area contributed by atoms with Gasteiger partial charge in [-0.15, -0.1) is 24.0 Å². The van der Waals surface area contributed by atoms with E-state index in [0.717, 1.165) is 5.69 Å². The molecule has 46 valence electrons. The molecule has 1 aromatic rings. The molecule has 3 heteroatoms. The predicted molar refractivity (Wildman–Crippen MR) is 44.1 cm³/mol. The lowest BCUT2D eigenvalue weighted by Gasteiger charge is -1.82. The smallest absolute Gasteiger partial charge is 0.0332 e. The van der Waals surface area contributed by atoms with Gasteiger partial charge in [-0.1, -0.05) is 0 Å². The molecule has 0 spiro atoms. The van der Waals surface area contributed by atoms with Gasteiger partial charge in [-0.2, -0.15) is 0 Å². The Morgan fingerprint density at radius 3 is 2.62 bits per heavy atom. The van der Waals surface area contributed by atoms with Gasteiger partial charge in [0.2, 0.25) is 0 Å². The van der Waals surface area contributed by atoms with E-state index in [1.165, 1.54) is 0 Å². The first-order valence-electron chi connectivity index (χ1n) is 2.26. The number of aromatic nitrogens is 1. The van der Waals surface area contributed by atoms with Gasteiger partial charge in [0, 0.05) is 18.4 Å². The summed E-state index contributed by atoms with van der Waals surface area (Å²) in [5.41, 5.74) is 6.35. The lowest BCUT2D eigenvalue weighted by atomic mass is 10.4. The Kier molecular flexibility index (Phi) is 3.90. The summed E-state index contributed by atoms with van der Waals surface area (Å²) >= 11 is 0. The molecule has 0 aromatic carbocycles. The average Bonchev–Trinajstić information content (AvgIpc) is 2.14. The first kappa shape index (κ1) is 7.97. The molecule has 0 saturated carbocycles. The number of hydrogen-bond acceptors (Lipinski definition) is 1. The normalized spacial score (nSPS) is 8.12. The van der Waals surface area contributed by atoms with Crippen LogP contribution in [-0.2, 0) is 6.54 Å². The van der Waals surface area contributed by atoms with E-state index in [0.29, 0.717) is 6.54 Å². The van der Waals surface area contributed by atoms with E-state index < -0.39 is 0 Å². The fraction of sp³-hybridized carbons (Fsp3) is 0.200. The van der Waals surface area contributed by atoms with Gasteiger partial charge in [-0.05, 0) is 12.1 Å². The first-order valence-corrected chi connectivity index (χ1v) is 2.26. The summed E-state index contributed by atoms with van der Waals surface area (Å²) in [6, 6.07) is 3.89. The zero-order valence-electron chi connectivity index (χ0n) is 4.42. The molecule has 0 saturated heterocycles. The molecule has 8 heavy (non-hydrogen) atoms. The zero-order chi connectivity index (χ0) is 5.11. The van der Waals surface area contributed by atoms with Crippen LogP contribution in [0.25, 0.3) is 0 Å². The Labute approximate surface area is 65.5 Å². The Bertz CT molecular complexity index is 125. The Morgan fingerprint density at radius 1 is 1.62 bits per heavy atom. The van der Waals surface area contributed by atoms with Crippen molar-refractivity contribution in [1.82, 2.24) is 4.98 Å². The summed E-state index contributed by atoms with van der Waals surface area (Å²) in [7, 11) is 0. The molecule has 0 aliphatic rings. The minimum Gasteiger partial charge on any atom is -0.364 e. The third-order valence-electron chi connectivity index (χ3n) is 0.882. The summed E-state index contributed by atoms with van der Waals surface area (Å²) in [6.07, 6.45) is 1.86. The summed E-state index contributed by atoms with van der Waals surface area (Å²) in [5.74, 6) is 0. The monoisotopic (exact) mass is 224 g/mol. The van der Waals surface area contributed by atoms with Crippen LogP contribution < -0.4 is 5.73 Å². The van der Waals surface area contributed by atoms with Crippen molar-refractivity contribution in [3.63, 3.8) is 0 Å². The zero-order valence-corrected chi connectivity index (χ0v) is 6.76. The van der Waals surface area contributed by atoms with Gasteiger partial charge in [-0.25, -0.2) is 0 Å². The van der Waals surface area contributed by atoms with E-state index in [1.807, 2.05) is 18.3 Å². The maximum Gasteiger partial charge on any atom is 0.0332 e. The van der Waals surface area contributed by atoms with Gasteiger partial charge >= 0.3 is 0 Å². The fourth-order valence-electron chi connectivity index (χ4n) is 0.494. The minimum atomic E-state index is 0. The number of aromatic amines is 1. The standard InChI is InChI=1S/C5H8N2.HI/c6-4-5-2-1-3-7-5;/h1-3,7H,4,6H2;1H. The van der Waals surface area contributed by atoms with E-state index in [1.54, 1.807) is 0 Å². The van der Waals surface area contributed by atoms with E-state index in [4.69, 9.17) is 5.73 Å². The highest BCUT2D eigenvalue weighted by Gasteiger charge is 1.81. The second kappa shape index (κ2) is 3.91. The second-order valence-corrected chi connectivity index (χ2v) is 1.40. The van der Waals surface area contributed by atoms with Gasteiger partial charge in [0.05, 0.1) is 0 Å². The van der Waals surface area contributed by atoms with E-state index in [-0.39, 0.29) is 24.0 Å². The molecule has 0 fully saturated rings. The highest BCUT2D eigenvalue weighted by molar-refractivity contribution is 14.0. The van der Waals surface area contributed by atoms with Crippen molar-refractivity contribution in [3.05, 3.63) is 24.0 Å². The largest absolute Gasteiger partial charge is 0.364 e. The molecule has 0 aliphatic carbocycles.